The Bertz CT molecular complexity index is 220. The summed E-state index contributed by atoms with van der Waals surface area (Å²) in [6, 6.07) is 0. The van der Waals surface area contributed by atoms with E-state index in [9.17, 15) is 9.59 Å². The molecule has 1 radical (unpaired) electrons. The van der Waals surface area contributed by atoms with Gasteiger partial charge in [-0.15, -0.1) is 0 Å². The van der Waals surface area contributed by atoms with Crippen molar-refractivity contribution in [1.82, 2.24) is 4.90 Å². The van der Waals surface area contributed by atoms with E-state index in [0.29, 0.717) is 6.54 Å². The van der Waals surface area contributed by atoms with Crippen LogP contribution in [0.1, 0.15) is 61.8 Å². The van der Waals surface area contributed by atoms with Gasteiger partial charge in [-0.05, 0) is 6.92 Å². The number of nitrogens with zero attached hydrogens (tertiary/aromatic N) is 1. The van der Waals surface area contributed by atoms with Crippen molar-refractivity contribution in [2.24, 2.45) is 0 Å². The molecule has 5 heteroatoms. The molecule has 1 heterocycles. The first kappa shape index (κ1) is 32.8. The predicted molar refractivity (Wildman–Crippen MR) is 92.3 cm³/mol. The monoisotopic (exact) mass is 522 g/mol. The minimum Gasteiger partial charge on any atom is -0.276 e. The number of rotatable bonds is 3. The van der Waals surface area contributed by atoms with Crippen LogP contribution in [0.2, 0.25) is 13.1 Å². The molecule has 3 nitrogen and oxygen atoms in total. The number of amides is 2. The van der Waals surface area contributed by atoms with Crippen molar-refractivity contribution in [2.75, 3.05) is 6.54 Å². The van der Waals surface area contributed by atoms with Crippen LogP contribution >= 0.6 is 0 Å². The van der Waals surface area contributed by atoms with Gasteiger partial charge in [0.25, 0.3) is 11.8 Å². The van der Waals surface area contributed by atoms with Crippen LogP contribution in [-0.4, -0.2) is 30.5 Å². The number of carbonyl (C=O) groups is 2. The van der Waals surface area contributed by atoms with Crippen molar-refractivity contribution in [3.63, 3.8) is 0 Å². The van der Waals surface area contributed by atoms with Crippen LogP contribution in [0.15, 0.2) is 12.2 Å². The van der Waals surface area contributed by atoms with E-state index in [4.69, 9.17) is 0 Å². The Balaban J connectivity index is -0.0000000616. The molecule has 0 spiro atoms. The van der Waals surface area contributed by atoms with Gasteiger partial charge in [0.05, 0.1) is 0 Å². The molecule has 0 fully saturated rings. The van der Waals surface area contributed by atoms with Gasteiger partial charge in [0.15, 0.2) is 0 Å². The average Bonchev–Trinajstić information content (AvgIpc) is 2.80. The largest absolute Gasteiger partial charge is 0.276 e. The second kappa shape index (κ2) is 28.2. The van der Waals surface area contributed by atoms with Gasteiger partial charge in [-0.2, -0.15) is 0 Å². The summed E-state index contributed by atoms with van der Waals surface area (Å²) in [7, 11) is 2.12. The molecule has 1 aliphatic rings. The Morgan fingerprint density at radius 2 is 1.24 bits per heavy atom. The zero-order valence-corrected chi connectivity index (χ0v) is 18.5. The van der Waals surface area contributed by atoms with Crippen molar-refractivity contribution in [1.29, 1.82) is 0 Å². The molecule has 0 unspecified atom stereocenters. The third-order valence-electron chi connectivity index (χ3n) is 2.13. The Hall–Kier alpha value is -0.00312. The van der Waals surface area contributed by atoms with Gasteiger partial charge in [0, 0.05) is 49.8 Å². The van der Waals surface area contributed by atoms with Crippen molar-refractivity contribution >= 4 is 19.1 Å². The molecule has 0 aromatic rings. The summed E-state index contributed by atoms with van der Waals surface area (Å²) in [6.07, 6.45) is 6.40. The molecule has 0 aliphatic carbocycles. The number of likely N-dealkylation sites (N-methyl/N-ethyl adjacent to an activating group) is 1. The maximum Gasteiger partial charge on any atom is 0.253 e. The summed E-state index contributed by atoms with van der Waals surface area (Å²) >= 11 is 0. The van der Waals surface area contributed by atoms with Crippen LogP contribution in [0, 0.1) is 31.1 Å². The van der Waals surface area contributed by atoms with Gasteiger partial charge in [-0.25, -0.2) is 0 Å². The predicted octanol–water partition coefficient (Wildman–Crippen LogP) is 4.58. The molecule has 123 valence electrons. The fraction of sp³-hybridized carbons (Fsp3) is 0.750. The normalized spacial score (nSPS) is 10.5. The first-order chi connectivity index (χ1) is 9.08. The zero-order chi connectivity index (χ0) is 15.7. The molecule has 21 heavy (non-hydrogen) atoms. The Morgan fingerprint density at radius 3 is 1.33 bits per heavy atom. The molecule has 1 aliphatic heterocycles. The second-order valence-corrected chi connectivity index (χ2v) is 3.57. The van der Waals surface area contributed by atoms with Crippen LogP contribution in [0.4, 0.5) is 0 Å². The maximum absolute atomic E-state index is 10.6. The van der Waals surface area contributed by atoms with Crippen LogP contribution < -0.4 is 0 Å². The van der Waals surface area contributed by atoms with Crippen LogP contribution in [-0.2, 0) is 9.59 Å². The standard InChI is InChI=1S/C6H7NO2.C4H10.C3H8B.C2H6.CH4.U/c1-2-7-5(8)3-4-6(7)9;2*1-3-4-2;1-2;;/h3-4H,2H2,1H3;3-4H2,1-2H3;3H2,1-2H3;1-2H3;1H4;. The van der Waals surface area contributed by atoms with E-state index in [2.05, 4.69) is 34.9 Å². The zero-order valence-electron chi connectivity index (χ0n) is 14.3. The maximum atomic E-state index is 10.6. The Morgan fingerprint density at radius 1 is 0.952 bits per heavy atom. The van der Waals surface area contributed by atoms with Crippen molar-refractivity contribution in [3.8, 4) is 0 Å². The number of imide groups is 1. The van der Waals surface area contributed by atoms with Crippen LogP contribution in [0.3, 0.4) is 0 Å². The Labute approximate surface area is 157 Å². The smallest absolute Gasteiger partial charge is 0.253 e. The van der Waals surface area contributed by atoms with Crippen molar-refractivity contribution in [2.45, 2.75) is 75.0 Å². The molecule has 0 saturated carbocycles. The summed E-state index contributed by atoms with van der Waals surface area (Å²) < 4.78 is 0. The summed E-state index contributed by atoms with van der Waals surface area (Å²) in [5, 5.41) is 0. The summed E-state index contributed by atoms with van der Waals surface area (Å²) in [6.45, 7) is 14.8. The average molecular weight is 522 g/mol. The summed E-state index contributed by atoms with van der Waals surface area (Å²) in [5.41, 5.74) is 0. The topological polar surface area (TPSA) is 37.4 Å². The summed E-state index contributed by atoms with van der Waals surface area (Å²) in [4.78, 5) is 22.4. The van der Waals surface area contributed by atoms with Crippen LogP contribution in [0.5, 0.6) is 0 Å². The molecule has 0 saturated heterocycles. The summed E-state index contributed by atoms with van der Waals surface area (Å²) in [5.74, 6) is -0.412. The van der Waals surface area contributed by atoms with E-state index in [-0.39, 0.29) is 50.4 Å². The Kier molecular flexibility index (Phi) is 44.1. The third kappa shape index (κ3) is 22.4. The van der Waals surface area contributed by atoms with Gasteiger partial charge in [-0.1, -0.05) is 68.0 Å². The van der Waals surface area contributed by atoms with Crippen LogP contribution in [0.25, 0.3) is 0 Å². The molecule has 2 amide bonds. The number of carbonyl (C=O) groups excluding carboxylic acids is 2. The second-order valence-electron chi connectivity index (χ2n) is 3.57. The van der Waals surface area contributed by atoms with Gasteiger partial charge >= 0.3 is 0 Å². The first-order valence-electron chi connectivity index (χ1n) is 7.40. The number of unbranched alkanes of at least 4 members (excludes halogenated alkanes) is 1. The molecular weight excluding hydrogens is 487 g/mol. The van der Waals surface area contributed by atoms with E-state index in [1.807, 2.05) is 13.8 Å². The fourth-order valence-electron chi connectivity index (χ4n) is 0.743. The number of hydrogen-bond donors (Lipinski definition) is 0. The van der Waals surface area contributed by atoms with Gasteiger partial charge in [-0.3, -0.25) is 14.5 Å². The molecule has 1 rings (SSSR count). The van der Waals surface area contributed by atoms with E-state index < -0.39 is 0 Å². The van der Waals surface area contributed by atoms with Gasteiger partial charge in [0.2, 0.25) is 0 Å². The van der Waals surface area contributed by atoms with E-state index >= 15 is 0 Å². The van der Waals surface area contributed by atoms with E-state index in [1.165, 1.54) is 36.2 Å². The first-order valence-corrected chi connectivity index (χ1v) is 7.40. The fourth-order valence-corrected chi connectivity index (χ4v) is 0.743. The van der Waals surface area contributed by atoms with Gasteiger partial charge < -0.3 is 0 Å². The van der Waals surface area contributed by atoms with Crippen molar-refractivity contribution < 1.29 is 40.7 Å². The molecule has 0 atom stereocenters. The minimum absolute atomic E-state index is 0. The molecule has 0 N–H and O–H groups in total. The SMILES string of the molecule is C.CC.CCCC.CCN1C(=O)C=CC1=O.C[B]CC.[U]. The van der Waals surface area contributed by atoms with Gasteiger partial charge in [0.1, 0.15) is 7.28 Å². The van der Waals surface area contributed by atoms with Crippen molar-refractivity contribution in [3.05, 3.63) is 12.2 Å². The molecule has 0 aromatic carbocycles. The minimum atomic E-state index is -0.206. The molecular formula is C16H35BNO2U. The molecule has 0 bridgehead atoms. The molecule has 0 aromatic heterocycles. The van der Waals surface area contributed by atoms with E-state index in [1.54, 1.807) is 6.92 Å². The number of hydrogen-bond acceptors (Lipinski definition) is 2. The third-order valence-corrected chi connectivity index (χ3v) is 2.13. The quantitative estimate of drug-likeness (QED) is 0.402. The van der Waals surface area contributed by atoms with E-state index in [0.717, 1.165) is 0 Å².